The highest BCUT2D eigenvalue weighted by Crippen LogP contribution is 2.26. The van der Waals surface area contributed by atoms with E-state index in [-0.39, 0.29) is 17.9 Å². The first-order chi connectivity index (χ1) is 16.6. The molecule has 0 aliphatic carbocycles. The highest BCUT2D eigenvalue weighted by molar-refractivity contribution is 9.10. The van der Waals surface area contributed by atoms with Crippen LogP contribution in [0.3, 0.4) is 0 Å². The highest BCUT2D eigenvalue weighted by atomic mass is 79.9. The molecule has 1 amide bonds. The predicted octanol–water partition coefficient (Wildman–Crippen LogP) is 5.88. The van der Waals surface area contributed by atoms with E-state index >= 15 is 0 Å². The molecular formula is C28H29BrN4O. The summed E-state index contributed by atoms with van der Waals surface area (Å²) in [4.78, 5) is 20.4. The number of nitrogens with one attached hydrogen (secondary N) is 1. The molecule has 0 saturated carbocycles. The van der Waals surface area contributed by atoms with Crippen LogP contribution >= 0.6 is 15.9 Å². The van der Waals surface area contributed by atoms with Gasteiger partial charge in [-0.25, -0.2) is 4.98 Å². The van der Waals surface area contributed by atoms with E-state index in [0.717, 1.165) is 58.5 Å². The van der Waals surface area contributed by atoms with Crippen LogP contribution in [-0.2, 0) is 11.3 Å². The van der Waals surface area contributed by atoms with Crippen LogP contribution in [0.15, 0.2) is 83.3 Å². The smallest absolute Gasteiger partial charge is 0.224 e. The van der Waals surface area contributed by atoms with Crippen LogP contribution in [0.1, 0.15) is 37.2 Å². The maximum absolute atomic E-state index is 13.1. The Hall–Kier alpha value is -2.96. The van der Waals surface area contributed by atoms with E-state index in [9.17, 15) is 4.79 Å². The van der Waals surface area contributed by atoms with Gasteiger partial charge in [-0.1, -0.05) is 64.5 Å². The van der Waals surface area contributed by atoms with Gasteiger partial charge < -0.3 is 5.32 Å². The minimum absolute atomic E-state index is 0.00445. The van der Waals surface area contributed by atoms with Crippen molar-refractivity contribution in [1.82, 2.24) is 19.8 Å². The van der Waals surface area contributed by atoms with Crippen molar-refractivity contribution in [2.45, 2.75) is 32.4 Å². The lowest BCUT2D eigenvalue weighted by molar-refractivity contribution is -0.127. The van der Waals surface area contributed by atoms with Crippen LogP contribution in [0.5, 0.6) is 0 Å². The van der Waals surface area contributed by atoms with E-state index in [0.29, 0.717) is 6.54 Å². The number of halogens is 1. The molecule has 34 heavy (non-hydrogen) atoms. The van der Waals surface area contributed by atoms with Crippen molar-refractivity contribution >= 4 is 32.9 Å². The normalized spacial score (nSPS) is 17.5. The third-order valence-corrected chi connectivity index (χ3v) is 7.09. The second-order valence-corrected chi connectivity index (χ2v) is 9.96. The number of hydrogen-bond acceptors (Lipinski definition) is 3. The van der Waals surface area contributed by atoms with Crippen LogP contribution < -0.4 is 5.32 Å². The summed E-state index contributed by atoms with van der Waals surface area (Å²) >= 11 is 3.61. The van der Waals surface area contributed by atoms with E-state index in [4.69, 9.17) is 4.98 Å². The predicted molar refractivity (Wildman–Crippen MR) is 140 cm³/mol. The SMILES string of the molecule is C[C@@H](NC(=O)[C@@H]1CCCN(Cc2nc3ccccc3n2-c2cccc(Br)c2)C1)c1ccccc1. The van der Waals surface area contributed by atoms with Gasteiger partial charge in [0.15, 0.2) is 0 Å². The Kier molecular flexibility index (Phi) is 6.79. The van der Waals surface area contributed by atoms with Crippen molar-refractivity contribution in [3.8, 4) is 5.69 Å². The van der Waals surface area contributed by atoms with Gasteiger partial charge in [0.05, 0.1) is 29.5 Å². The molecule has 5 nitrogen and oxygen atoms in total. The van der Waals surface area contributed by atoms with Crippen molar-refractivity contribution in [3.63, 3.8) is 0 Å². The van der Waals surface area contributed by atoms with Crippen molar-refractivity contribution in [2.75, 3.05) is 13.1 Å². The molecule has 1 aromatic heterocycles. The lowest BCUT2D eigenvalue weighted by Crippen LogP contribution is -2.43. The number of amides is 1. The zero-order valence-electron chi connectivity index (χ0n) is 19.3. The Bertz CT molecular complexity index is 1290. The minimum atomic E-state index is -0.0105. The molecular weight excluding hydrogens is 488 g/mol. The average Bonchev–Trinajstić information content (AvgIpc) is 3.22. The number of piperidine rings is 1. The molecule has 6 heteroatoms. The second kappa shape index (κ2) is 10.1. The maximum Gasteiger partial charge on any atom is 0.224 e. The number of benzene rings is 3. The molecule has 4 aromatic rings. The van der Waals surface area contributed by atoms with Gasteiger partial charge in [0.1, 0.15) is 5.82 Å². The molecule has 0 unspecified atom stereocenters. The monoisotopic (exact) mass is 516 g/mol. The van der Waals surface area contributed by atoms with Gasteiger partial charge in [-0.05, 0) is 62.2 Å². The van der Waals surface area contributed by atoms with E-state index in [1.807, 2.05) is 43.3 Å². The number of fused-ring (bicyclic) bond motifs is 1. The van der Waals surface area contributed by atoms with E-state index < -0.39 is 0 Å². The van der Waals surface area contributed by atoms with Crippen molar-refractivity contribution in [2.24, 2.45) is 5.92 Å². The minimum Gasteiger partial charge on any atom is -0.349 e. The largest absolute Gasteiger partial charge is 0.349 e. The van der Waals surface area contributed by atoms with Gasteiger partial charge in [0, 0.05) is 16.7 Å². The number of carbonyl (C=O) groups excluding carboxylic acids is 1. The topological polar surface area (TPSA) is 50.2 Å². The van der Waals surface area contributed by atoms with Gasteiger partial charge >= 0.3 is 0 Å². The van der Waals surface area contributed by atoms with Crippen LogP contribution in [0, 0.1) is 5.92 Å². The Labute approximate surface area is 208 Å². The highest BCUT2D eigenvalue weighted by Gasteiger charge is 2.28. The van der Waals surface area contributed by atoms with Crippen LogP contribution in [0.2, 0.25) is 0 Å². The lowest BCUT2D eigenvalue weighted by atomic mass is 9.96. The van der Waals surface area contributed by atoms with Gasteiger partial charge in [-0.3, -0.25) is 14.3 Å². The first-order valence-electron chi connectivity index (χ1n) is 11.9. The van der Waals surface area contributed by atoms with Gasteiger partial charge in [-0.2, -0.15) is 0 Å². The van der Waals surface area contributed by atoms with Gasteiger partial charge in [-0.15, -0.1) is 0 Å². The Balaban J connectivity index is 1.34. The molecule has 1 N–H and O–H groups in total. The quantitative estimate of drug-likeness (QED) is 0.348. The number of nitrogens with zero attached hydrogens (tertiary/aromatic N) is 3. The Morgan fingerprint density at radius 3 is 2.71 bits per heavy atom. The van der Waals surface area contributed by atoms with Crippen LogP contribution in [0.4, 0.5) is 0 Å². The second-order valence-electron chi connectivity index (χ2n) is 9.05. The number of hydrogen-bond donors (Lipinski definition) is 1. The number of likely N-dealkylation sites (tertiary alicyclic amines) is 1. The van der Waals surface area contributed by atoms with Crippen molar-refractivity contribution in [1.29, 1.82) is 0 Å². The molecule has 2 heterocycles. The standard InChI is InChI=1S/C28H29BrN4O/c1-20(21-9-3-2-4-10-21)30-28(34)22-11-8-16-32(18-22)19-27-31-25-14-5-6-15-26(25)33(27)24-13-7-12-23(29)17-24/h2-7,9-10,12-15,17,20,22H,8,11,16,18-19H2,1H3,(H,30,34)/t20-,22-/m1/s1. The molecule has 0 radical (unpaired) electrons. The molecule has 1 aliphatic rings. The zero-order chi connectivity index (χ0) is 23.5. The molecule has 1 fully saturated rings. The van der Waals surface area contributed by atoms with Crippen LogP contribution in [-0.4, -0.2) is 33.4 Å². The van der Waals surface area contributed by atoms with Gasteiger partial charge in [0.2, 0.25) is 5.91 Å². The number of para-hydroxylation sites is 2. The summed E-state index contributed by atoms with van der Waals surface area (Å²) in [6.07, 6.45) is 1.93. The first-order valence-corrected chi connectivity index (χ1v) is 12.7. The van der Waals surface area contributed by atoms with E-state index in [1.165, 1.54) is 0 Å². The Morgan fingerprint density at radius 1 is 1.09 bits per heavy atom. The number of rotatable bonds is 6. The van der Waals surface area contributed by atoms with Crippen molar-refractivity contribution in [3.05, 3.63) is 94.7 Å². The number of carbonyl (C=O) groups is 1. The fourth-order valence-corrected chi connectivity index (χ4v) is 5.24. The lowest BCUT2D eigenvalue weighted by Gasteiger charge is -2.32. The third kappa shape index (κ3) is 4.93. The van der Waals surface area contributed by atoms with E-state index in [1.54, 1.807) is 0 Å². The summed E-state index contributed by atoms with van der Waals surface area (Å²) in [5.74, 6) is 1.13. The fraction of sp³-hybridized carbons (Fsp3) is 0.286. The molecule has 0 spiro atoms. The average molecular weight is 517 g/mol. The summed E-state index contributed by atoms with van der Waals surface area (Å²) in [7, 11) is 0. The third-order valence-electron chi connectivity index (χ3n) is 6.60. The molecule has 5 rings (SSSR count). The molecule has 1 aliphatic heterocycles. The summed E-state index contributed by atoms with van der Waals surface area (Å²) in [5.41, 5.74) is 4.30. The summed E-state index contributed by atoms with van der Waals surface area (Å²) in [5, 5.41) is 3.22. The van der Waals surface area contributed by atoms with Crippen molar-refractivity contribution < 1.29 is 4.79 Å². The summed E-state index contributed by atoms with van der Waals surface area (Å²) in [6.45, 7) is 4.47. The molecule has 1 saturated heterocycles. The van der Waals surface area contributed by atoms with E-state index in [2.05, 4.69) is 73.2 Å². The first kappa shape index (κ1) is 22.8. The Morgan fingerprint density at radius 2 is 1.88 bits per heavy atom. The maximum atomic E-state index is 13.1. The van der Waals surface area contributed by atoms with Crippen LogP contribution in [0.25, 0.3) is 16.7 Å². The summed E-state index contributed by atoms with van der Waals surface area (Å²) < 4.78 is 3.28. The molecule has 3 aromatic carbocycles. The number of imidazole rings is 1. The van der Waals surface area contributed by atoms with Gasteiger partial charge in [0.25, 0.3) is 0 Å². The molecule has 2 atom stereocenters. The molecule has 174 valence electrons. The zero-order valence-corrected chi connectivity index (χ0v) is 20.9. The number of aromatic nitrogens is 2. The molecule has 0 bridgehead atoms. The fourth-order valence-electron chi connectivity index (χ4n) is 4.85. The summed E-state index contributed by atoms with van der Waals surface area (Å²) in [6, 6.07) is 26.7.